The summed E-state index contributed by atoms with van der Waals surface area (Å²) in [5.41, 5.74) is 1.61. The quantitative estimate of drug-likeness (QED) is 0.914. The van der Waals surface area contributed by atoms with Crippen LogP contribution < -0.4 is 5.32 Å². The van der Waals surface area contributed by atoms with Crippen LogP contribution in [0.25, 0.3) is 11.4 Å². The van der Waals surface area contributed by atoms with Gasteiger partial charge in [0.2, 0.25) is 5.91 Å². The van der Waals surface area contributed by atoms with Crippen LogP contribution in [0.15, 0.2) is 18.5 Å². The number of nitrogens with one attached hydrogen (secondary N) is 1. The fourth-order valence-electron chi connectivity index (χ4n) is 2.79. The van der Waals surface area contributed by atoms with Crippen LogP contribution in [0.3, 0.4) is 0 Å². The van der Waals surface area contributed by atoms with Crippen molar-refractivity contribution in [1.29, 1.82) is 0 Å². The van der Waals surface area contributed by atoms with Gasteiger partial charge in [-0.1, -0.05) is 24.5 Å². The first-order valence-electron chi connectivity index (χ1n) is 7.40. The number of rotatable bonds is 4. The first kappa shape index (κ1) is 13.8. The number of carbonyl (C=O) groups excluding carboxylic acids is 1. The highest BCUT2D eigenvalue weighted by atomic mass is 16.2. The monoisotopic (exact) mass is 288 g/mol. The van der Waals surface area contributed by atoms with Gasteiger partial charge in [0.25, 0.3) is 0 Å². The van der Waals surface area contributed by atoms with Crippen molar-refractivity contribution in [3.8, 4) is 11.4 Å². The summed E-state index contributed by atoms with van der Waals surface area (Å²) in [6, 6.07) is 2.20. The number of hydrogen-bond acceptors (Lipinski definition) is 4. The molecule has 0 aromatic carbocycles. The van der Waals surface area contributed by atoms with Gasteiger partial charge in [-0.05, 0) is 18.9 Å². The van der Waals surface area contributed by atoms with E-state index in [0.717, 1.165) is 24.2 Å². The second kappa shape index (κ2) is 6.07. The van der Waals surface area contributed by atoms with Crippen LogP contribution in [0, 0.1) is 0 Å². The summed E-state index contributed by atoms with van der Waals surface area (Å²) >= 11 is 0. The van der Waals surface area contributed by atoms with Crippen molar-refractivity contribution >= 4 is 5.91 Å². The lowest BCUT2D eigenvalue weighted by Gasteiger charge is -2.22. The Kier molecular flexibility index (Phi) is 3.98. The van der Waals surface area contributed by atoms with Gasteiger partial charge in [-0.15, -0.1) is 5.10 Å². The Morgan fingerprint density at radius 2 is 2.19 bits per heavy atom. The van der Waals surface area contributed by atoms with E-state index < -0.39 is 0 Å². The lowest BCUT2D eigenvalue weighted by Crippen LogP contribution is -2.38. The maximum atomic E-state index is 12.0. The number of carbonyl (C=O) groups is 1. The first-order chi connectivity index (χ1) is 10.2. The lowest BCUT2D eigenvalue weighted by atomic mass is 9.95. The van der Waals surface area contributed by atoms with E-state index in [1.54, 1.807) is 21.8 Å². The molecule has 0 aliphatic heterocycles. The zero-order chi connectivity index (χ0) is 14.7. The number of amides is 1. The predicted octanol–water partition coefficient (Wildman–Crippen LogP) is 1.13. The van der Waals surface area contributed by atoms with Crippen LogP contribution in [0.4, 0.5) is 0 Å². The maximum absolute atomic E-state index is 12.0. The normalized spacial score (nSPS) is 16.0. The van der Waals surface area contributed by atoms with Crippen LogP contribution in [-0.4, -0.2) is 36.7 Å². The standard InChI is InChI=1S/C14H20N6O/c1-19-13(7-8-15-19)12-9-20(18-17-12)10-14(21)16-11-5-3-2-4-6-11/h7-9,11H,2-6,10H2,1H3,(H,16,21). The summed E-state index contributed by atoms with van der Waals surface area (Å²) < 4.78 is 3.30. The molecule has 0 spiro atoms. The molecular weight excluding hydrogens is 268 g/mol. The van der Waals surface area contributed by atoms with Gasteiger partial charge in [-0.2, -0.15) is 5.10 Å². The molecule has 1 aliphatic carbocycles. The third-order valence-corrected chi connectivity index (χ3v) is 3.90. The van der Waals surface area contributed by atoms with Crippen LogP contribution in [0.5, 0.6) is 0 Å². The zero-order valence-corrected chi connectivity index (χ0v) is 12.2. The fraction of sp³-hybridized carbons (Fsp3) is 0.571. The molecule has 3 rings (SSSR count). The smallest absolute Gasteiger partial charge is 0.242 e. The highest BCUT2D eigenvalue weighted by molar-refractivity contribution is 5.76. The SMILES string of the molecule is Cn1nccc1-c1cn(CC(=O)NC2CCCCC2)nn1. The lowest BCUT2D eigenvalue weighted by molar-refractivity contribution is -0.122. The molecule has 1 amide bonds. The Hall–Kier alpha value is -2.18. The van der Waals surface area contributed by atoms with Crippen LogP contribution in [-0.2, 0) is 18.4 Å². The Balaban J connectivity index is 1.59. The van der Waals surface area contributed by atoms with E-state index >= 15 is 0 Å². The van der Waals surface area contributed by atoms with Crippen molar-refractivity contribution in [2.75, 3.05) is 0 Å². The van der Waals surface area contributed by atoms with Gasteiger partial charge in [-0.25, -0.2) is 4.68 Å². The van der Waals surface area contributed by atoms with Crippen molar-refractivity contribution in [3.05, 3.63) is 18.5 Å². The molecule has 0 saturated heterocycles. The third kappa shape index (κ3) is 3.29. The maximum Gasteiger partial charge on any atom is 0.242 e. The Morgan fingerprint density at radius 3 is 2.90 bits per heavy atom. The van der Waals surface area contributed by atoms with Crippen molar-refractivity contribution in [2.45, 2.75) is 44.7 Å². The molecule has 1 N–H and O–H groups in total. The van der Waals surface area contributed by atoms with E-state index in [1.165, 1.54) is 19.3 Å². The van der Waals surface area contributed by atoms with E-state index in [4.69, 9.17) is 0 Å². The molecule has 2 aromatic heterocycles. The topological polar surface area (TPSA) is 77.6 Å². The van der Waals surface area contributed by atoms with Crippen LogP contribution >= 0.6 is 0 Å². The molecule has 7 heteroatoms. The fourth-order valence-corrected chi connectivity index (χ4v) is 2.79. The minimum absolute atomic E-state index is 0.00311. The molecule has 1 aliphatic rings. The highest BCUT2D eigenvalue weighted by Gasteiger charge is 2.16. The molecule has 0 unspecified atom stereocenters. The molecule has 2 heterocycles. The summed E-state index contributed by atoms with van der Waals surface area (Å²) in [5.74, 6) is 0.00311. The van der Waals surface area contributed by atoms with E-state index in [2.05, 4.69) is 20.7 Å². The van der Waals surface area contributed by atoms with Crippen molar-refractivity contribution in [2.24, 2.45) is 7.05 Å². The summed E-state index contributed by atoms with van der Waals surface area (Å²) in [6.07, 6.45) is 9.36. The third-order valence-electron chi connectivity index (χ3n) is 3.90. The van der Waals surface area contributed by atoms with E-state index in [9.17, 15) is 4.79 Å². The average Bonchev–Trinajstić information content (AvgIpc) is 3.08. The van der Waals surface area contributed by atoms with Crippen LogP contribution in [0.2, 0.25) is 0 Å². The molecule has 0 bridgehead atoms. The van der Waals surface area contributed by atoms with Crippen LogP contribution in [0.1, 0.15) is 32.1 Å². The van der Waals surface area contributed by atoms with Crippen molar-refractivity contribution in [1.82, 2.24) is 30.1 Å². The summed E-state index contributed by atoms with van der Waals surface area (Å²) in [5, 5.41) is 15.3. The molecule has 21 heavy (non-hydrogen) atoms. The molecule has 2 aromatic rings. The summed E-state index contributed by atoms with van der Waals surface area (Å²) in [4.78, 5) is 12.0. The summed E-state index contributed by atoms with van der Waals surface area (Å²) in [6.45, 7) is 0.210. The Bertz CT molecular complexity index is 611. The van der Waals surface area contributed by atoms with Gasteiger partial charge in [0, 0.05) is 19.3 Å². The minimum Gasteiger partial charge on any atom is -0.352 e. The van der Waals surface area contributed by atoms with Gasteiger partial charge in [-0.3, -0.25) is 9.48 Å². The van der Waals surface area contributed by atoms with Gasteiger partial charge >= 0.3 is 0 Å². The number of aryl methyl sites for hydroxylation is 1. The Morgan fingerprint density at radius 1 is 1.38 bits per heavy atom. The van der Waals surface area contributed by atoms with Gasteiger partial charge in [0.05, 0.1) is 11.9 Å². The van der Waals surface area contributed by atoms with E-state index in [0.29, 0.717) is 6.04 Å². The first-order valence-corrected chi connectivity index (χ1v) is 7.40. The minimum atomic E-state index is 0.00311. The number of nitrogens with zero attached hydrogens (tertiary/aromatic N) is 5. The molecule has 0 atom stereocenters. The second-order valence-electron chi connectivity index (χ2n) is 5.54. The van der Waals surface area contributed by atoms with Crippen molar-refractivity contribution < 1.29 is 4.79 Å². The van der Waals surface area contributed by atoms with Crippen molar-refractivity contribution in [3.63, 3.8) is 0 Å². The molecule has 1 fully saturated rings. The molecule has 7 nitrogen and oxygen atoms in total. The summed E-state index contributed by atoms with van der Waals surface area (Å²) in [7, 11) is 1.85. The van der Waals surface area contributed by atoms with E-state index in [-0.39, 0.29) is 12.5 Å². The Labute approximate surface area is 123 Å². The van der Waals surface area contributed by atoms with Gasteiger partial charge < -0.3 is 5.32 Å². The predicted molar refractivity (Wildman–Crippen MR) is 77.2 cm³/mol. The molecule has 1 saturated carbocycles. The van der Waals surface area contributed by atoms with Gasteiger partial charge in [0.15, 0.2) is 0 Å². The largest absolute Gasteiger partial charge is 0.352 e. The second-order valence-corrected chi connectivity index (χ2v) is 5.54. The molecular formula is C14H20N6O. The molecule has 112 valence electrons. The highest BCUT2D eigenvalue weighted by Crippen LogP contribution is 2.17. The number of hydrogen-bond donors (Lipinski definition) is 1. The average molecular weight is 288 g/mol. The zero-order valence-electron chi connectivity index (χ0n) is 12.2. The van der Waals surface area contributed by atoms with E-state index in [1.807, 2.05) is 13.1 Å². The van der Waals surface area contributed by atoms with Gasteiger partial charge in [0.1, 0.15) is 12.2 Å². The number of aromatic nitrogens is 5. The molecule has 0 radical (unpaired) electrons.